The number of rotatable bonds is 8. The highest BCUT2D eigenvalue weighted by molar-refractivity contribution is 5.73. The highest BCUT2D eigenvalue weighted by Gasteiger charge is 2.15. The predicted molar refractivity (Wildman–Crippen MR) is 82.6 cm³/mol. The molecule has 0 saturated carbocycles. The largest absolute Gasteiger partial charge is 0.480 e. The van der Waals surface area contributed by atoms with Crippen LogP contribution >= 0.6 is 0 Å². The number of carboxylic acids is 1. The monoisotopic (exact) mass is 303 g/mol. The molecule has 0 aliphatic carbocycles. The van der Waals surface area contributed by atoms with Crippen LogP contribution < -0.4 is 4.90 Å². The molecule has 118 valence electrons. The summed E-state index contributed by atoms with van der Waals surface area (Å²) in [6.07, 6.45) is 1.77. The molecule has 0 bridgehead atoms. The van der Waals surface area contributed by atoms with E-state index >= 15 is 0 Å². The summed E-state index contributed by atoms with van der Waals surface area (Å²) in [6.45, 7) is 4.45. The maximum absolute atomic E-state index is 11.0. The number of hydrogen-bond donors (Lipinski definition) is 1. The lowest BCUT2D eigenvalue weighted by Crippen LogP contribution is -2.29. The number of carbonyl (C=O) groups is 1. The lowest BCUT2D eigenvalue weighted by molar-refractivity contribution is -0.135. The molecule has 0 atom stereocenters. The molecule has 1 aromatic heterocycles. The SMILES string of the molecule is CC(C)CCc1noc(CN(CC(=O)O)c2ccccc2)n1. The molecule has 0 aliphatic rings. The zero-order valence-electron chi connectivity index (χ0n) is 12.9. The normalized spacial score (nSPS) is 10.9. The first-order valence-corrected chi connectivity index (χ1v) is 7.38. The smallest absolute Gasteiger partial charge is 0.323 e. The standard InChI is InChI=1S/C16H21N3O3/c1-12(2)8-9-14-17-15(22-18-14)10-19(11-16(20)21)13-6-4-3-5-7-13/h3-7,12H,8-11H2,1-2H3,(H,20,21). The highest BCUT2D eigenvalue weighted by Crippen LogP contribution is 2.16. The van der Waals surface area contributed by atoms with Crippen LogP contribution in [-0.2, 0) is 17.8 Å². The quantitative estimate of drug-likeness (QED) is 0.807. The lowest BCUT2D eigenvalue weighted by atomic mass is 10.1. The minimum absolute atomic E-state index is 0.117. The van der Waals surface area contributed by atoms with Gasteiger partial charge in [0.2, 0.25) is 5.89 Å². The third-order valence-electron chi connectivity index (χ3n) is 3.23. The van der Waals surface area contributed by atoms with E-state index in [4.69, 9.17) is 9.63 Å². The molecule has 2 aromatic rings. The van der Waals surface area contributed by atoms with E-state index < -0.39 is 5.97 Å². The van der Waals surface area contributed by atoms with Gasteiger partial charge < -0.3 is 14.5 Å². The van der Waals surface area contributed by atoms with E-state index in [1.165, 1.54) is 0 Å². The first kappa shape index (κ1) is 16.0. The lowest BCUT2D eigenvalue weighted by Gasteiger charge is -2.20. The summed E-state index contributed by atoms with van der Waals surface area (Å²) in [7, 11) is 0. The third-order valence-corrected chi connectivity index (χ3v) is 3.23. The summed E-state index contributed by atoms with van der Waals surface area (Å²) in [5.41, 5.74) is 0.812. The first-order valence-electron chi connectivity index (χ1n) is 7.38. The number of anilines is 1. The number of aryl methyl sites for hydroxylation is 1. The predicted octanol–water partition coefficient (Wildman–Crippen LogP) is 2.75. The van der Waals surface area contributed by atoms with E-state index in [1.807, 2.05) is 30.3 Å². The van der Waals surface area contributed by atoms with Gasteiger partial charge in [-0.1, -0.05) is 37.2 Å². The van der Waals surface area contributed by atoms with Crippen molar-refractivity contribution in [1.82, 2.24) is 10.1 Å². The van der Waals surface area contributed by atoms with Gasteiger partial charge in [0.1, 0.15) is 6.54 Å². The second-order valence-electron chi connectivity index (χ2n) is 5.62. The number of para-hydroxylation sites is 1. The average molecular weight is 303 g/mol. The molecule has 1 heterocycles. The fraction of sp³-hybridized carbons (Fsp3) is 0.438. The Morgan fingerprint density at radius 1 is 1.32 bits per heavy atom. The molecule has 0 fully saturated rings. The highest BCUT2D eigenvalue weighted by atomic mass is 16.5. The van der Waals surface area contributed by atoms with Crippen molar-refractivity contribution in [3.8, 4) is 0 Å². The van der Waals surface area contributed by atoms with Gasteiger partial charge in [-0.05, 0) is 24.5 Å². The van der Waals surface area contributed by atoms with Crippen LogP contribution in [0.5, 0.6) is 0 Å². The van der Waals surface area contributed by atoms with Crippen LogP contribution in [-0.4, -0.2) is 27.8 Å². The summed E-state index contributed by atoms with van der Waals surface area (Å²) >= 11 is 0. The Balaban J connectivity index is 2.05. The van der Waals surface area contributed by atoms with Crippen LogP contribution in [0.15, 0.2) is 34.9 Å². The molecule has 0 unspecified atom stereocenters. The van der Waals surface area contributed by atoms with Gasteiger partial charge in [0.15, 0.2) is 5.82 Å². The van der Waals surface area contributed by atoms with Crippen LogP contribution in [0, 0.1) is 5.92 Å². The van der Waals surface area contributed by atoms with Gasteiger partial charge in [-0.15, -0.1) is 0 Å². The van der Waals surface area contributed by atoms with Crippen LogP contribution in [0.1, 0.15) is 32.0 Å². The van der Waals surface area contributed by atoms with Crippen LogP contribution in [0.25, 0.3) is 0 Å². The molecular formula is C16H21N3O3. The molecular weight excluding hydrogens is 282 g/mol. The zero-order valence-corrected chi connectivity index (χ0v) is 12.9. The first-order chi connectivity index (χ1) is 10.5. The number of benzene rings is 1. The molecule has 0 radical (unpaired) electrons. The van der Waals surface area contributed by atoms with Crippen molar-refractivity contribution in [3.05, 3.63) is 42.0 Å². The third kappa shape index (κ3) is 4.87. The molecule has 0 aliphatic heterocycles. The van der Waals surface area contributed by atoms with Gasteiger partial charge in [0.25, 0.3) is 0 Å². The zero-order chi connectivity index (χ0) is 15.9. The van der Waals surface area contributed by atoms with Crippen LogP contribution in [0.2, 0.25) is 0 Å². The Morgan fingerprint density at radius 3 is 2.68 bits per heavy atom. The number of aliphatic carboxylic acids is 1. The van der Waals surface area contributed by atoms with Crippen molar-refractivity contribution in [2.45, 2.75) is 33.2 Å². The van der Waals surface area contributed by atoms with Gasteiger partial charge in [-0.25, -0.2) is 0 Å². The van der Waals surface area contributed by atoms with Crippen molar-refractivity contribution in [3.63, 3.8) is 0 Å². The topological polar surface area (TPSA) is 79.5 Å². The Kier molecular flexibility index (Phi) is 5.52. The van der Waals surface area contributed by atoms with Crippen LogP contribution in [0.3, 0.4) is 0 Å². The van der Waals surface area contributed by atoms with Crippen molar-refractivity contribution < 1.29 is 14.4 Å². The van der Waals surface area contributed by atoms with Crippen molar-refractivity contribution in [2.75, 3.05) is 11.4 Å². The van der Waals surface area contributed by atoms with E-state index in [-0.39, 0.29) is 13.1 Å². The molecule has 0 amide bonds. The number of aromatic nitrogens is 2. The fourth-order valence-electron chi connectivity index (χ4n) is 2.08. The van der Waals surface area contributed by atoms with Gasteiger partial charge in [-0.3, -0.25) is 4.79 Å². The molecule has 1 N–H and O–H groups in total. The summed E-state index contributed by atoms with van der Waals surface area (Å²) in [6, 6.07) is 9.34. The maximum atomic E-state index is 11.0. The minimum atomic E-state index is -0.900. The Hall–Kier alpha value is -2.37. The average Bonchev–Trinajstić information content (AvgIpc) is 2.92. The van der Waals surface area contributed by atoms with Crippen molar-refractivity contribution in [2.24, 2.45) is 5.92 Å². The Bertz CT molecular complexity index is 596. The molecule has 2 rings (SSSR count). The van der Waals surface area contributed by atoms with Gasteiger partial charge in [0, 0.05) is 12.1 Å². The fourth-order valence-corrected chi connectivity index (χ4v) is 2.08. The molecule has 6 nitrogen and oxygen atoms in total. The van der Waals surface area contributed by atoms with Crippen molar-refractivity contribution in [1.29, 1.82) is 0 Å². The number of carboxylic acid groups (broad SMARTS) is 1. The molecule has 1 aromatic carbocycles. The summed E-state index contributed by atoms with van der Waals surface area (Å²) in [5, 5.41) is 13.0. The minimum Gasteiger partial charge on any atom is -0.480 e. The Morgan fingerprint density at radius 2 is 2.05 bits per heavy atom. The van der Waals surface area contributed by atoms with E-state index in [2.05, 4.69) is 24.0 Å². The second kappa shape index (κ2) is 7.59. The van der Waals surface area contributed by atoms with Gasteiger partial charge in [0.05, 0.1) is 6.54 Å². The number of nitrogens with zero attached hydrogens (tertiary/aromatic N) is 3. The Labute approximate surface area is 129 Å². The molecule has 0 saturated heterocycles. The molecule has 0 spiro atoms. The molecule has 6 heteroatoms. The summed E-state index contributed by atoms with van der Waals surface area (Å²) in [4.78, 5) is 17.1. The van der Waals surface area contributed by atoms with E-state index in [9.17, 15) is 4.79 Å². The van der Waals surface area contributed by atoms with E-state index in [1.54, 1.807) is 4.90 Å². The molecule has 22 heavy (non-hydrogen) atoms. The van der Waals surface area contributed by atoms with Gasteiger partial charge in [-0.2, -0.15) is 4.98 Å². The van der Waals surface area contributed by atoms with E-state index in [0.29, 0.717) is 17.6 Å². The van der Waals surface area contributed by atoms with Crippen LogP contribution in [0.4, 0.5) is 5.69 Å². The van der Waals surface area contributed by atoms with Crippen molar-refractivity contribution >= 4 is 11.7 Å². The summed E-state index contributed by atoms with van der Waals surface area (Å²) in [5.74, 6) is 0.786. The van der Waals surface area contributed by atoms with E-state index in [0.717, 1.165) is 18.5 Å². The van der Waals surface area contributed by atoms with Gasteiger partial charge >= 0.3 is 5.97 Å². The number of hydrogen-bond acceptors (Lipinski definition) is 5. The maximum Gasteiger partial charge on any atom is 0.323 e. The second-order valence-corrected chi connectivity index (χ2v) is 5.62. The summed E-state index contributed by atoms with van der Waals surface area (Å²) < 4.78 is 5.23.